The van der Waals surface area contributed by atoms with Crippen LogP contribution in [0.1, 0.15) is 20.8 Å². The highest BCUT2D eigenvalue weighted by molar-refractivity contribution is 9.10. The monoisotopic (exact) mass is 544 g/mol. The normalized spacial score (nSPS) is 13.5. The van der Waals surface area contributed by atoms with Gasteiger partial charge in [-0.3, -0.25) is 9.59 Å². The van der Waals surface area contributed by atoms with Crippen LogP contribution in [0.5, 0.6) is 5.75 Å². The second-order valence-electron chi connectivity index (χ2n) is 8.51. The van der Waals surface area contributed by atoms with Crippen LogP contribution in [0, 0.1) is 0 Å². The van der Waals surface area contributed by atoms with E-state index >= 15 is 0 Å². The Morgan fingerprint density at radius 2 is 1.61 bits per heavy atom. The number of piperazine rings is 1. The van der Waals surface area contributed by atoms with Crippen molar-refractivity contribution in [3.63, 3.8) is 0 Å². The summed E-state index contributed by atoms with van der Waals surface area (Å²) in [5, 5.41) is 3.81. The number of benzene rings is 3. The predicted octanol–water partition coefficient (Wildman–Crippen LogP) is 5.22. The Morgan fingerprint density at radius 1 is 0.917 bits per heavy atom. The van der Waals surface area contributed by atoms with Crippen molar-refractivity contribution in [2.45, 2.75) is 0 Å². The van der Waals surface area contributed by atoms with Crippen LogP contribution in [0.2, 0.25) is 0 Å². The van der Waals surface area contributed by atoms with E-state index in [9.17, 15) is 9.59 Å². The van der Waals surface area contributed by atoms with Gasteiger partial charge in [0.2, 0.25) is 0 Å². The van der Waals surface area contributed by atoms with Crippen LogP contribution in [0.4, 0.5) is 11.4 Å². The first kappa shape index (κ1) is 23.8. The summed E-state index contributed by atoms with van der Waals surface area (Å²) in [5.41, 5.74) is 3.52. The second kappa shape index (κ2) is 10.4. The second-order valence-corrected chi connectivity index (χ2v) is 9.43. The van der Waals surface area contributed by atoms with Crippen molar-refractivity contribution in [1.82, 2.24) is 9.88 Å². The topological polar surface area (TPSA) is 74.8 Å². The molecule has 1 aliphatic rings. The van der Waals surface area contributed by atoms with Crippen molar-refractivity contribution in [3.8, 4) is 5.75 Å². The largest absolute Gasteiger partial charge is 0.496 e. The molecule has 0 unspecified atom stereocenters. The third kappa shape index (κ3) is 5.04. The van der Waals surface area contributed by atoms with E-state index in [1.807, 2.05) is 65.6 Å². The number of para-hydroxylation sites is 1. The molecule has 3 aromatic carbocycles. The maximum atomic E-state index is 13.2. The molecule has 0 atom stereocenters. The van der Waals surface area contributed by atoms with Crippen molar-refractivity contribution in [1.29, 1.82) is 0 Å². The maximum Gasteiger partial charge on any atom is 0.272 e. The number of methoxy groups -OCH3 is 1. The van der Waals surface area contributed by atoms with Gasteiger partial charge in [-0.1, -0.05) is 28.1 Å². The molecule has 1 aromatic heterocycles. The quantitative estimate of drug-likeness (QED) is 0.372. The summed E-state index contributed by atoms with van der Waals surface area (Å²) in [4.78, 5) is 34.3. The molecule has 36 heavy (non-hydrogen) atoms. The van der Waals surface area contributed by atoms with Gasteiger partial charge in [-0.05, 0) is 60.7 Å². The molecule has 1 fully saturated rings. The number of ether oxygens (including phenoxy) is 1. The molecule has 182 valence electrons. The lowest BCUT2D eigenvalue weighted by Crippen LogP contribution is -2.49. The van der Waals surface area contributed by atoms with E-state index in [4.69, 9.17) is 4.74 Å². The molecule has 8 heteroatoms. The number of nitrogens with zero attached hydrogens (tertiary/aromatic N) is 3. The summed E-state index contributed by atoms with van der Waals surface area (Å²) < 4.78 is 6.43. The van der Waals surface area contributed by atoms with Gasteiger partial charge in [-0.25, -0.2) is 4.98 Å². The molecule has 5 rings (SSSR count). The lowest BCUT2D eigenvalue weighted by molar-refractivity contribution is 0.0740. The number of rotatable bonds is 5. The van der Waals surface area contributed by atoms with Crippen LogP contribution in [0.3, 0.4) is 0 Å². The zero-order valence-corrected chi connectivity index (χ0v) is 21.4. The highest BCUT2D eigenvalue weighted by Crippen LogP contribution is 2.26. The zero-order valence-electron chi connectivity index (χ0n) is 19.8. The van der Waals surface area contributed by atoms with Crippen LogP contribution < -0.4 is 15.0 Å². The maximum absolute atomic E-state index is 13.2. The fourth-order valence-electron chi connectivity index (χ4n) is 4.31. The third-order valence-corrected chi connectivity index (χ3v) is 6.81. The fraction of sp³-hybridized carbons (Fsp3) is 0.179. The van der Waals surface area contributed by atoms with Gasteiger partial charge in [0.05, 0.1) is 12.6 Å². The average Bonchev–Trinajstić information content (AvgIpc) is 2.93. The van der Waals surface area contributed by atoms with E-state index in [-0.39, 0.29) is 11.8 Å². The van der Waals surface area contributed by atoms with Crippen LogP contribution in [-0.4, -0.2) is 55.0 Å². The van der Waals surface area contributed by atoms with E-state index < -0.39 is 0 Å². The number of anilines is 2. The van der Waals surface area contributed by atoms with Gasteiger partial charge in [0.25, 0.3) is 11.8 Å². The number of nitrogens with one attached hydrogen (secondary N) is 1. The number of carbonyl (C=O) groups is 2. The highest BCUT2D eigenvalue weighted by Gasteiger charge is 2.24. The summed E-state index contributed by atoms with van der Waals surface area (Å²) in [5.74, 6) is 0.404. The molecule has 0 spiro atoms. The number of hydrogen-bond acceptors (Lipinski definition) is 5. The summed E-state index contributed by atoms with van der Waals surface area (Å²) in [6.07, 6.45) is 0. The molecule has 0 bridgehead atoms. The van der Waals surface area contributed by atoms with E-state index in [1.54, 1.807) is 25.3 Å². The Labute approximate surface area is 217 Å². The van der Waals surface area contributed by atoms with E-state index in [0.29, 0.717) is 43.2 Å². The number of carbonyl (C=O) groups excluding carboxylic acids is 2. The number of aromatic nitrogens is 1. The molecular formula is C28H25BrN4O3. The Hall–Kier alpha value is -3.91. The predicted molar refractivity (Wildman–Crippen MR) is 145 cm³/mol. The summed E-state index contributed by atoms with van der Waals surface area (Å²) in [7, 11) is 1.60. The van der Waals surface area contributed by atoms with Crippen molar-refractivity contribution < 1.29 is 14.3 Å². The van der Waals surface area contributed by atoms with Gasteiger partial charge >= 0.3 is 0 Å². The van der Waals surface area contributed by atoms with Gasteiger partial charge in [0, 0.05) is 59.0 Å². The summed E-state index contributed by atoms with van der Waals surface area (Å²) in [6, 6.07) is 24.4. The Morgan fingerprint density at radius 3 is 2.31 bits per heavy atom. The minimum atomic E-state index is -0.152. The number of amides is 2. The average molecular weight is 545 g/mol. The molecule has 0 aliphatic carbocycles. The van der Waals surface area contributed by atoms with Crippen LogP contribution in [-0.2, 0) is 0 Å². The molecule has 2 heterocycles. The first-order valence-electron chi connectivity index (χ1n) is 11.7. The molecule has 0 radical (unpaired) electrons. The molecule has 2 amide bonds. The number of pyridine rings is 1. The smallest absolute Gasteiger partial charge is 0.272 e. The van der Waals surface area contributed by atoms with E-state index in [1.165, 1.54) is 0 Å². The van der Waals surface area contributed by atoms with Crippen molar-refractivity contribution in [2.24, 2.45) is 0 Å². The number of fused-ring (bicyclic) bond motifs is 1. The van der Waals surface area contributed by atoms with Crippen LogP contribution in [0.15, 0.2) is 83.3 Å². The van der Waals surface area contributed by atoms with Crippen molar-refractivity contribution in [2.75, 3.05) is 43.5 Å². The molecule has 7 nitrogen and oxygen atoms in total. The number of halogens is 1. The highest BCUT2D eigenvalue weighted by atomic mass is 79.9. The SMILES string of the molecule is COc1cc(C(=O)N2CCN(c3ccc(NC(=O)c4ccc(Br)cc4)cc3)CC2)nc2ccccc12. The minimum absolute atomic E-state index is 0.0929. The first-order chi connectivity index (χ1) is 17.5. The Bertz CT molecular complexity index is 1400. The number of hydrogen-bond donors (Lipinski definition) is 1. The molecule has 0 saturated carbocycles. The van der Waals surface area contributed by atoms with E-state index in [2.05, 4.69) is 31.1 Å². The molecule has 1 saturated heterocycles. The Kier molecular flexibility index (Phi) is 6.86. The third-order valence-electron chi connectivity index (χ3n) is 6.28. The lowest BCUT2D eigenvalue weighted by Gasteiger charge is -2.36. The minimum Gasteiger partial charge on any atom is -0.496 e. The Balaban J connectivity index is 1.21. The molecule has 1 N–H and O–H groups in total. The lowest BCUT2D eigenvalue weighted by atomic mass is 10.1. The standard InChI is InChI=1S/C28H25BrN4O3/c1-36-26-18-25(31-24-5-3-2-4-23(24)26)28(35)33-16-14-32(15-17-33)22-12-10-21(11-13-22)30-27(34)19-6-8-20(29)9-7-19/h2-13,18H,14-17H2,1H3,(H,30,34). The molecule has 1 aliphatic heterocycles. The molecule has 4 aromatic rings. The van der Waals surface area contributed by atoms with Gasteiger partial charge in [0.15, 0.2) is 0 Å². The van der Waals surface area contributed by atoms with E-state index in [0.717, 1.165) is 26.8 Å². The van der Waals surface area contributed by atoms with Gasteiger partial charge in [-0.15, -0.1) is 0 Å². The summed E-state index contributed by atoms with van der Waals surface area (Å²) in [6.45, 7) is 2.61. The van der Waals surface area contributed by atoms with Crippen LogP contribution in [0.25, 0.3) is 10.9 Å². The van der Waals surface area contributed by atoms with Crippen LogP contribution >= 0.6 is 15.9 Å². The van der Waals surface area contributed by atoms with Crippen molar-refractivity contribution in [3.05, 3.63) is 94.6 Å². The summed E-state index contributed by atoms with van der Waals surface area (Å²) >= 11 is 3.38. The first-order valence-corrected chi connectivity index (χ1v) is 12.5. The molecular weight excluding hydrogens is 520 g/mol. The van der Waals surface area contributed by atoms with Gasteiger partial charge in [0.1, 0.15) is 11.4 Å². The zero-order chi connectivity index (χ0) is 25.1. The van der Waals surface area contributed by atoms with Crippen molar-refractivity contribution >= 4 is 50.0 Å². The van der Waals surface area contributed by atoms with Gasteiger partial charge < -0.3 is 19.9 Å². The fourth-order valence-corrected chi connectivity index (χ4v) is 4.58. The van der Waals surface area contributed by atoms with Gasteiger partial charge in [-0.2, -0.15) is 0 Å².